The van der Waals surface area contributed by atoms with E-state index in [4.69, 9.17) is 5.11 Å². The third-order valence-corrected chi connectivity index (χ3v) is 5.31. The minimum absolute atomic E-state index is 0.0834. The molecular formula is C24H46N2O3. The first-order valence-corrected chi connectivity index (χ1v) is 11.8. The number of nitrogens with one attached hydrogen (secondary N) is 1. The van der Waals surface area contributed by atoms with Gasteiger partial charge in [-0.3, -0.25) is 14.5 Å². The van der Waals surface area contributed by atoms with Crippen LogP contribution in [0.25, 0.3) is 0 Å². The van der Waals surface area contributed by atoms with Crippen LogP contribution in [0.15, 0.2) is 12.2 Å². The van der Waals surface area contributed by atoms with Crippen LogP contribution in [0.1, 0.15) is 103 Å². The number of carboxylic acid groups (broad SMARTS) is 1. The predicted octanol–water partition coefficient (Wildman–Crippen LogP) is 5.55. The van der Waals surface area contributed by atoms with Crippen molar-refractivity contribution in [2.45, 2.75) is 109 Å². The van der Waals surface area contributed by atoms with Crippen LogP contribution < -0.4 is 5.32 Å². The summed E-state index contributed by atoms with van der Waals surface area (Å²) in [7, 11) is 3.56. The summed E-state index contributed by atoms with van der Waals surface area (Å²) in [6.45, 7) is 2.88. The Morgan fingerprint density at radius 2 is 1.45 bits per heavy atom. The maximum absolute atomic E-state index is 11.8. The van der Waals surface area contributed by atoms with E-state index >= 15 is 0 Å². The summed E-state index contributed by atoms with van der Waals surface area (Å²) in [6, 6.07) is -0.443. The minimum atomic E-state index is -0.784. The number of rotatable bonds is 20. The van der Waals surface area contributed by atoms with Gasteiger partial charge in [-0.2, -0.15) is 0 Å². The number of carbonyl (C=O) groups excluding carboxylic acids is 1. The summed E-state index contributed by atoms with van der Waals surface area (Å²) in [5, 5.41) is 12.0. The lowest BCUT2D eigenvalue weighted by molar-refractivity contribution is -0.142. The SMILES string of the molecule is CCCCCCCCCCC/C=C/CCC(=O)NCCCC[C@@H](C(=O)O)N(C)C. The number of likely N-dealkylation sites (N-methyl/N-ethyl adjacent to an activating group) is 1. The largest absolute Gasteiger partial charge is 0.480 e. The number of hydrogen-bond acceptors (Lipinski definition) is 3. The van der Waals surface area contributed by atoms with Crippen molar-refractivity contribution in [2.24, 2.45) is 0 Å². The Bertz CT molecular complexity index is 436. The van der Waals surface area contributed by atoms with Gasteiger partial charge in [0.15, 0.2) is 0 Å². The number of hydrogen-bond donors (Lipinski definition) is 2. The highest BCUT2D eigenvalue weighted by molar-refractivity contribution is 5.76. The van der Waals surface area contributed by atoms with Crippen LogP contribution in [0.4, 0.5) is 0 Å². The number of unbranched alkanes of at least 4 members (excludes halogenated alkanes) is 10. The summed E-state index contributed by atoms with van der Waals surface area (Å²) in [4.78, 5) is 24.6. The molecule has 5 nitrogen and oxygen atoms in total. The highest BCUT2D eigenvalue weighted by atomic mass is 16.4. The van der Waals surface area contributed by atoms with Gasteiger partial charge < -0.3 is 10.4 Å². The third kappa shape index (κ3) is 18.4. The molecule has 0 aliphatic carbocycles. The Labute approximate surface area is 179 Å². The van der Waals surface area contributed by atoms with Gasteiger partial charge in [-0.1, -0.05) is 70.4 Å². The van der Waals surface area contributed by atoms with Crippen molar-refractivity contribution in [3.8, 4) is 0 Å². The van der Waals surface area contributed by atoms with Gasteiger partial charge in [0, 0.05) is 13.0 Å². The molecule has 2 N–H and O–H groups in total. The van der Waals surface area contributed by atoms with E-state index in [0.717, 1.165) is 25.7 Å². The van der Waals surface area contributed by atoms with Gasteiger partial charge in [0.1, 0.15) is 6.04 Å². The molecule has 0 aromatic heterocycles. The molecule has 0 unspecified atom stereocenters. The van der Waals surface area contributed by atoms with Gasteiger partial charge in [0.25, 0.3) is 0 Å². The van der Waals surface area contributed by atoms with Crippen LogP contribution in [0.3, 0.4) is 0 Å². The summed E-state index contributed by atoms with van der Waals surface area (Å²) in [5.74, 6) is -0.701. The molecule has 5 heteroatoms. The van der Waals surface area contributed by atoms with Gasteiger partial charge in [0.2, 0.25) is 5.91 Å². The van der Waals surface area contributed by atoms with Crippen molar-refractivity contribution < 1.29 is 14.7 Å². The van der Waals surface area contributed by atoms with E-state index in [0.29, 0.717) is 19.4 Å². The van der Waals surface area contributed by atoms with Gasteiger partial charge >= 0.3 is 5.97 Å². The van der Waals surface area contributed by atoms with Crippen molar-refractivity contribution >= 4 is 11.9 Å². The monoisotopic (exact) mass is 410 g/mol. The lowest BCUT2D eigenvalue weighted by atomic mass is 10.1. The number of amides is 1. The first-order chi connectivity index (χ1) is 14.0. The zero-order valence-corrected chi connectivity index (χ0v) is 19.3. The van der Waals surface area contributed by atoms with E-state index in [1.807, 2.05) is 0 Å². The van der Waals surface area contributed by atoms with Crippen molar-refractivity contribution in [3.05, 3.63) is 12.2 Å². The van der Waals surface area contributed by atoms with Crippen molar-refractivity contribution in [1.82, 2.24) is 10.2 Å². The zero-order chi connectivity index (χ0) is 21.7. The highest BCUT2D eigenvalue weighted by Gasteiger charge is 2.18. The number of allylic oxidation sites excluding steroid dienone is 2. The van der Waals surface area contributed by atoms with Crippen molar-refractivity contribution in [3.63, 3.8) is 0 Å². The summed E-state index contributed by atoms with van der Waals surface area (Å²) < 4.78 is 0. The summed E-state index contributed by atoms with van der Waals surface area (Å²) >= 11 is 0. The molecule has 0 aliphatic rings. The van der Waals surface area contributed by atoms with E-state index < -0.39 is 12.0 Å². The Hall–Kier alpha value is -1.36. The number of aliphatic carboxylic acids is 1. The van der Waals surface area contributed by atoms with E-state index in [-0.39, 0.29) is 5.91 Å². The minimum Gasteiger partial charge on any atom is -0.480 e. The van der Waals surface area contributed by atoms with Crippen LogP contribution in [0, 0.1) is 0 Å². The molecule has 0 fully saturated rings. The van der Waals surface area contributed by atoms with Gasteiger partial charge in [-0.05, 0) is 52.6 Å². The second-order valence-corrected chi connectivity index (χ2v) is 8.29. The van der Waals surface area contributed by atoms with Crippen LogP contribution in [0.5, 0.6) is 0 Å². The molecule has 0 aromatic rings. The normalized spacial score (nSPS) is 12.6. The van der Waals surface area contributed by atoms with Gasteiger partial charge in [-0.25, -0.2) is 0 Å². The Morgan fingerprint density at radius 3 is 2.03 bits per heavy atom. The van der Waals surface area contributed by atoms with E-state index in [2.05, 4.69) is 24.4 Å². The first kappa shape index (κ1) is 27.6. The van der Waals surface area contributed by atoms with Crippen molar-refractivity contribution in [2.75, 3.05) is 20.6 Å². The second-order valence-electron chi connectivity index (χ2n) is 8.29. The topological polar surface area (TPSA) is 69.6 Å². The molecule has 0 radical (unpaired) electrons. The molecule has 0 aliphatic heterocycles. The van der Waals surface area contributed by atoms with Gasteiger partial charge in [-0.15, -0.1) is 0 Å². The number of carbonyl (C=O) groups is 2. The smallest absolute Gasteiger partial charge is 0.320 e. The lowest BCUT2D eigenvalue weighted by Gasteiger charge is -2.19. The Morgan fingerprint density at radius 1 is 0.862 bits per heavy atom. The third-order valence-electron chi connectivity index (χ3n) is 5.31. The summed E-state index contributed by atoms with van der Waals surface area (Å²) in [5.41, 5.74) is 0. The van der Waals surface area contributed by atoms with Crippen LogP contribution in [-0.2, 0) is 9.59 Å². The van der Waals surface area contributed by atoms with Crippen LogP contribution in [-0.4, -0.2) is 48.6 Å². The molecule has 0 saturated carbocycles. The first-order valence-electron chi connectivity index (χ1n) is 11.8. The van der Waals surface area contributed by atoms with Crippen molar-refractivity contribution in [1.29, 1.82) is 0 Å². The molecule has 29 heavy (non-hydrogen) atoms. The molecule has 1 atom stereocenters. The zero-order valence-electron chi connectivity index (χ0n) is 19.3. The molecule has 0 spiro atoms. The quantitative estimate of drug-likeness (QED) is 0.204. The fourth-order valence-corrected chi connectivity index (χ4v) is 3.40. The molecule has 0 aromatic carbocycles. The van der Waals surface area contributed by atoms with E-state index in [1.54, 1.807) is 19.0 Å². The molecule has 0 rings (SSSR count). The molecule has 0 heterocycles. The maximum atomic E-state index is 11.8. The fourth-order valence-electron chi connectivity index (χ4n) is 3.40. The van der Waals surface area contributed by atoms with E-state index in [9.17, 15) is 9.59 Å². The fraction of sp³-hybridized carbons (Fsp3) is 0.833. The Balaban J connectivity index is 3.45. The second kappa shape index (κ2) is 19.9. The highest BCUT2D eigenvalue weighted by Crippen LogP contribution is 2.11. The molecule has 170 valence electrons. The number of nitrogens with zero attached hydrogens (tertiary/aromatic N) is 1. The van der Waals surface area contributed by atoms with Crippen LogP contribution >= 0.6 is 0 Å². The van der Waals surface area contributed by atoms with E-state index in [1.165, 1.54) is 57.8 Å². The molecule has 0 bridgehead atoms. The molecule has 0 saturated heterocycles. The average Bonchev–Trinajstić information content (AvgIpc) is 2.67. The predicted molar refractivity (Wildman–Crippen MR) is 122 cm³/mol. The lowest BCUT2D eigenvalue weighted by Crippen LogP contribution is -2.35. The molecule has 1 amide bonds. The average molecular weight is 411 g/mol. The number of carboxylic acids is 1. The maximum Gasteiger partial charge on any atom is 0.320 e. The Kier molecular flexibility index (Phi) is 19.0. The van der Waals surface area contributed by atoms with Crippen LogP contribution in [0.2, 0.25) is 0 Å². The standard InChI is InChI=1S/C24H46N2O3/c1-4-5-6-7-8-9-10-11-12-13-14-15-16-20-23(27)25-21-18-17-19-22(24(28)29)26(2)3/h14-15,22H,4-13,16-21H2,1-3H3,(H,25,27)(H,28,29)/b15-14+/t22-/m0/s1. The molecular weight excluding hydrogens is 364 g/mol. The van der Waals surface area contributed by atoms with Gasteiger partial charge in [0.05, 0.1) is 0 Å². The summed E-state index contributed by atoms with van der Waals surface area (Å²) in [6.07, 6.45) is 21.2.